The first kappa shape index (κ1) is 21.5. The van der Waals surface area contributed by atoms with Gasteiger partial charge in [-0.1, -0.05) is 0 Å². The van der Waals surface area contributed by atoms with E-state index in [1.165, 1.54) is 6.42 Å². The van der Waals surface area contributed by atoms with Crippen LogP contribution in [0.3, 0.4) is 0 Å². The van der Waals surface area contributed by atoms with Crippen molar-refractivity contribution in [2.45, 2.75) is 76.4 Å². The van der Waals surface area contributed by atoms with E-state index in [1.54, 1.807) is 0 Å². The Morgan fingerprint density at radius 3 is 2.30 bits per heavy atom. The van der Waals surface area contributed by atoms with Crippen LogP contribution >= 0.6 is 0 Å². The zero-order chi connectivity index (χ0) is 19.8. The standard InChI is InChI=1S/C19H35N5O3/c1-3-21-19(27)22-12-11-16(25)23-14-9-7-13(8-10-14)17(20)18(26)24(2)15-5-4-6-15/h13-15,17H,3-12,20H2,1-2H3,(H,23,25)(H2,21,22,27)/t13?,14?,17-/m0/s1. The Kier molecular flexibility index (Phi) is 8.34. The fraction of sp³-hybridized carbons (Fsp3) is 0.842. The molecule has 0 aromatic rings. The summed E-state index contributed by atoms with van der Waals surface area (Å²) in [5.41, 5.74) is 6.25. The average Bonchev–Trinajstić information content (AvgIpc) is 2.59. The van der Waals surface area contributed by atoms with Crippen molar-refractivity contribution in [1.82, 2.24) is 20.9 Å². The van der Waals surface area contributed by atoms with E-state index in [1.807, 2.05) is 18.9 Å². The molecule has 0 bridgehead atoms. The van der Waals surface area contributed by atoms with Crippen LogP contribution in [0.2, 0.25) is 0 Å². The number of hydrogen-bond acceptors (Lipinski definition) is 4. The van der Waals surface area contributed by atoms with Gasteiger partial charge in [0, 0.05) is 38.6 Å². The quantitative estimate of drug-likeness (QED) is 0.495. The minimum Gasteiger partial charge on any atom is -0.353 e. The van der Waals surface area contributed by atoms with E-state index in [0.29, 0.717) is 19.1 Å². The number of rotatable bonds is 8. The molecule has 0 saturated heterocycles. The van der Waals surface area contributed by atoms with E-state index in [4.69, 9.17) is 5.73 Å². The summed E-state index contributed by atoms with van der Waals surface area (Å²) in [6.45, 7) is 2.72. The molecular weight excluding hydrogens is 346 g/mol. The summed E-state index contributed by atoms with van der Waals surface area (Å²) in [4.78, 5) is 37.7. The van der Waals surface area contributed by atoms with Crippen molar-refractivity contribution in [2.24, 2.45) is 11.7 Å². The van der Waals surface area contributed by atoms with Crippen molar-refractivity contribution >= 4 is 17.8 Å². The minimum absolute atomic E-state index is 0.0552. The van der Waals surface area contributed by atoms with E-state index in [0.717, 1.165) is 38.5 Å². The average molecular weight is 382 g/mol. The number of urea groups is 1. The molecule has 1 atom stereocenters. The highest BCUT2D eigenvalue weighted by Crippen LogP contribution is 2.29. The van der Waals surface area contributed by atoms with Crippen molar-refractivity contribution in [3.8, 4) is 0 Å². The van der Waals surface area contributed by atoms with Crippen molar-refractivity contribution in [2.75, 3.05) is 20.1 Å². The minimum atomic E-state index is -0.437. The van der Waals surface area contributed by atoms with Crippen LogP contribution in [-0.4, -0.2) is 61.0 Å². The molecule has 2 aliphatic rings. The van der Waals surface area contributed by atoms with Gasteiger partial charge in [0.1, 0.15) is 0 Å². The molecule has 27 heavy (non-hydrogen) atoms. The lowest BCUT2D eigenvalue weighted by Gasteiger charge is -2.38. The largest absolute Gasteiger partial charge is 0.353 e. The molecule has 4 amide bonds. The van der Waals surface area contributed by atoms with Crippen LogP contribution in [0, 0.1) is 5.92 Å². The Morgan fingerprint density at radius 1 is 1.07 bits per heavy atom. The fourth-order valence-corrected chi connectivity index (χ4v) is 3.83. The second-order valence-electron chi connectivity index (χ2n) is 7.78. The zero-order valence-electron chi connectivity index (χ0n) is 16.6. The van der Waals surface area contributed by atoms with Crippen LogP contribution in [0.5, 0.6) is 0 Å². The van der Waals surface area contributed by atoms with Crippen molar-refractivity contribution in [1.29, 1.82) is 0 Å². The maximum absolute atomic E-state index is 12.5. The van der Waals surface area contributed by atoms with Gasteiger partial charge >= 0.3 is 6.03 Å². The number of nitrogens with zero attached hydrogens (tertiary/aromatic N) is 1. The highest BCUT2D eigenvalue weighted by Gasteiger charge is 2.34. The van der Waals surface area contributed by atoms with Crippen LogP contribution in [0.4, 0.5) is 4.79 Å². The molecule has 2 rings (SSSR count). The number of nitrogens with two attached hydrogens (primary N) is 1. The van der Waals surface area contributed by atoms with Crippen LogP contribution in [0.1, 0.15) is 58.3 Å². The first-order valence-corrected chi connectivity index (χ1v) is 10.3. The molecule has 8 heteroatoms. The van der Waals surface area contributed by atoms with Gasteiger partial charge in [-0.3, -0.25) is 9.59 Å². The Hall–Kier alpha value is -1.83. The molecular formula is C19H35N5O3. The van der Waals surface area contributed by atoms with Gasteiger partial charge in [0.15, 0.2) is 0 Å². The van der Waals surface area contributed by atoms with Crippen molar-refractivity contribution < 1.29 is 14.4 Å². The van der Waals surface area contributed by atoms with Crippen LogP contribution in [0.15, 0.2) is 0 Å². The molecule has 0 heterocycles. The van der Waals surface area contributed by atoms with Gasteiger partial charge in [-0.05, 0) is 57.8 Å². The molecule has 2 fully saturated rings. The van der Waals surface area contributed by atoms with Crippen LogP contribution < -0.4 is 21.7 Å². The Bertz CT molecular complexity index is 515. The van der Waals surface area contributed by atoms with E-state index in [9.17, 15) is 14.4 Å². The molecule has 2 aliphatic carbocycles. The van der Waals surface area contributed by atoms with Crippen LogP contribution in [0.25, 0.3) is 0 Å². The number of nitrogens with one attached hydrogen (secondary N) is 3. The normalized spacial score (nSPS) is 23.7. The second kappa shape index (κ2) is 10.5. The highest BCUT2D eigenvalue weighted by molar-refractivity contribution is 5.82. The molecule has 8 nitrogen and oxygen atoms in total. The molecule has 0 aromatic heterocycles. The maximum atomic E-state index is 12.5. The van der Waals surface area contributed by atoms with Gasteiger partial charge in [-0.2, -0.15) is 0 Å². The van der Waals surface area contributed by atoms with Gasteiger partial charge in [-0.25, -0.2) is 4.79 Å². The molecule has 0 aromatic carbocycles. The van der Waals surface area contributed by atoms with Crippen molar-refractivity contribution in [3.05, 3.63) is 0 Å². The van der Waals surface area contributed by atoms with E-state index < -0.39 is 6.04 Å². The third kappa shape index (κ3) is 6.37. The molecule has 0 radical (unpaired) electrons. The van der Waals surface area contributed by atoms with E-state index in [2.05, 4.69) is 16.0 Å². The third-order valence-electron chi connectivity index (χ3n) is 5.87. The van der Waals surface area contributed by atoms with Gasteiger partial charge in [0.05, 0.1) is 6.04 Å². The first-order valence-electron chi connectivity index (χ1n) is 10.3. The van der Waals surface area contributed by atoms with Gasteiger partial charge in [0.2, 0.25) is 11.8 Å². The van der Waals surface area contributed by atoms with E-state index >= 15 is 0 Å². The summed E-state index contributed by atoms with van der Waals surface area (Å²) in [6, 6.07) is -0.193. The van der Waals surface area contributed by atoms with Gasteiger partial charge < -0.3 is 26.6 Å². The second-order valence-corrected chi connectivity index (χ2v) is 7.78. The zero-order valence-corrected chi connectivity index (χ0v) is 16.6. The van der Waals surface area contributed by atoms with Crippen LogP contribution in [-0.2, 0) is 9.59 Å². The number of carbonyl (C=O) groups is 3. The Labute approximate surface area is 162 Å². The third-order valence-corrected chi connectivity index (χ3v) is 5.87. The molecule has 5 N–H and O–H groups in total. The summed E-state index contributed by atoms with van der Waals surface area (Å²) in [5, 5.41) is 8.29. The highest BCUT2D eigenvalue weighted by atomic mass is 16.2. The first-order chi connectivity index (χ1) is 12.9. The molecule has 2 saturated carbocycles. The number of likely N-dealkylation sites (N-methyl/N-ethyl adjacent to an activating group) is 1. The van der Waals surface area contributed by atoms with Crippen molar-refractivity contribution in [3.63, 3.8) is 0 Å². The summed E-state index contributed by atoms with van der Waals surface area (Å²) in [7, 11) is 1.87. The number of amides is 4. The van der Waals surface area contributed by atoms with Gasteiger partial charge in [0.25, 0.3) is 0 Å². The lowest BCUT2D eigenvalue weighted by atomic mass is 9.81. The lowest BCUT2D eigenvalue weighted by molar-refractivity contribution is -0.136. The molecule has 0 unspecified atom stereocenters. The molecule has 0 spiro atoms. The summed E-state index contributed by atoms with van der Waals surface area (Å²) >= 11 is 0. The Balaban J connectivity index is 1.64. The smallest absolute Gasteiger partial charge is 0.314 e. The summed E-state index contributed by atoms with van der Waals surface area (Å²) in [6.07, 6.45) is 7.03. The number of carbonyl (C=O) groups excluding carboxylic acids is 3. The summed E-state index contributed by atoms with van der Waals surface area (Å²) < 4.78 is 0. The Morgan fingerprint density at radius 2 is 1.74 bits per heavy atom. The SMILES string of the molecule is CCNC(=O)NCCC(=O)NC1CCC([C@H](N)C(=O)N(C)C2CCC2)CC1. The predicted molar refractivity (Wildman–Crippen MR) is 104 cm³/mol. The molecule has 0 aliphatic heterocycles. The fourth-order valence-electron chi connectivity index (χ4n) is 3.83. The van der Waals surface area contributed by atoms with E-state index in [-0.39, 0.29) is 36.2 Å². The maximum Gasteiger partial charge on any atom is 0.314 e. The topological polar surface area (TPSA) is 117 Å². The van der Waals surface area contributed by atoms with Gasteiger partial charge in [-0.15, -0.1) is 0 Å². The predicted octanol–water partition coefficient (Wildman–Crippen LogP) is 0.709. The monoisotopic (exact) mass is 381 g/mol. The number of hydrogen-bond donors (Lipinski definition) is 4. The lowest BCUT2D eigenvalue weighted by Crippen LogP contribution is -2.52. The summed E-state index contributed by atoms with van der Waals surface area (Å²) in [5.74, 6) is 0.191. The molecule has 154 valence electrons.